The number of ketones is 1. The smallest absolute Gasteiger partial charge is 0.558 e. The fraction of sp³-hybridized carbons (Fsp3) is 0.667. The third-order valence-corrected chi connectivity index (χ3v) is 4.50. The summed E-state index contributed by atoms with van der Waals surface area (Å²) in [6.45, 7) is 19.9. The van der Waals surface area contributed by atoms with Crippen molar-refractivity contribution in [2.45, 2.75) is 85.0 Å². The Kier molecular flexibility index (Phi) is 8.05. The zero-order valence-electron chi connectivity index (χ0n) is 17.5. The normalized spacial score (nSPS) is 12.8. The first kappa shape index (κ1) is 23.9. The van der Waals surface area contributed by atoms with E-state index in [1.165, 1.54) is 16.7 Å². The van der Waals surface area contributed by atoms with Crippen molar-refractivity contribution in [3.05, 3.63) is 34.4 Å². The second-order valence-electron chi connectivity index (χ2n) is 9.62. The van der Waals surface area contributed by atoms with Gasteiger partial charge in [0.05, 0.1) is 0 Å². The van der Waals surface area contributed by atoms with Gasteiger partial charge in [0.2, 0.25) is 0 Å². The molecule has 0 N–H and O–H groups in total. The molecule has 0 aliphatic heterocycles. The van der Waals surface area contributed by atoms with Crippen LogP contribution in [0.4, 0.5) is 0 Å². The number of hydrogen-bond donors (Lipinski definition) is 0. The molecule has 0 spiro atoms. The molecule has 0 aromatic heterocycles. The van der Waals surface area contributed by atoms with E-state index in [0.29, 0.717) is 12.6 Å². The summed E-state index contributed by atoms with van der Waals surface area (Å²) in [5.74, 6) is 0.246. The second-order valence-corrected chi connectivity index (χ2v) is 10.1. The second kappa shape index (κ2) is 8.08. The van der Waals surface area contributed by atoms with Gasteiger partial charge in [-0.15, -0.1) is 0 Å². The van der Waals surface area contributed by atoms with Crippen molar-refractivity contribution >= 4 is 15.0 Å². The minimum absolute atomic E-state index is 0. The van der Waals surface area contributed by atoms with Crippen molar-refractivity contribution in [1.29, 1.82) is 0 Å². The predicted molar refractivity (Wildman–Crippen MR) is 105 cm³/mol. The Balaban J connectivity index is 0.00000529. The minimum atomic E-state index is -0.0575. The van der Waals surface area contributed by atoms with Crippen molar-refractivity contribution in [1.82, 2.24) is 0 Å². The number of rotatable bonds is 3. The summed E-state index contributed by atoms with van der Waals surface area (Å²) in [6.07, 6.45) is 1.24. The third-order valence-electron chi connectivity index (χ3n) is 4.25. The van der Waals surface area contributed by atoms with E-state index in [2.05, 4.69) is 83.7 Å². The molecular weight excluding hydrogens is 306 g/mol. The Morgan fingerprint density at radius 2 is 1.21 bits per heavy atom. The number of Topliss-reactive ketones (excluding diaryl/α,β-unsaturated/α-hetero) is 1. The summed E-state index contributed by atoms with van der Waals surface area (Å²) in [4.78, 5) is 12.9. The third kappa shape index (κ3) is 5.73. The van der Waals surface area contributed by atoms with Gasteiger partial charge in [-0.25, -0.2) is 0 Å². The van der Waals surface area contributed by atoms with Gasteiger partial charge < -0.3 is 9.24 Å². The maximum atomic E-state index is 12.9. The average Bonchev–Trinajstić information content (AvgIpc) is 2.34. The fourth-order valence-corrected chi connectivity index (χ4v) is 3.02. The van der Waals surface area contributed by atoms with Crippen molar-refractivity contribution in [3.8, 4) is 0 Å². The van der Waals surface area contributed by atoms with Gasteiger partial charge in [-0.2, -0.15) is 6.16 Å². The molecule has 24 heavy (non-hydrogen) atoms. The molecule has 0 atom stereocenters. The van der Waals surface area contributed by atoms with E-state index in [1.807, 2.05) is 0 Å². The molecule has 0 bridgehead atoms. The molecule has 0 amide bonds. The van der Waals surface area contributed by atoms with Crippen molar-refractivity contribution < 1.29 is 23.7 Å². The molecule has 1 rings (SSSR count). The first-order chi connectivity index (χ1) is 10.2. The summed E-state index contributed by atoms with van der Waals surface area (Å²) in [6, 6.07) is 4.52. The van der Waals surface area contributed by atoms with Gasteiger partial charge in [-0.1, -0.05) is 74.4 Å². The Morgan fingerprint density at radius 3 is 1.46 bits per heavy atom. The zero-order valence-corrected chi connectivity index (χ0v) is 18.5. The van der Waals surface area contributed by atoms with Crippen LogP contribution in [0.1, 0.15) is 95.8 Å². The molecule has 0 saturated heterocycles. The van der Waals surface area contributed by atoms with Crippen LogP contribution in [0.5, 0.6) is 0 Å². The van der Waals surface area contributed by atoms with Crippen molar-refractivity contribution in [3.63, 3.8) is 0 Å². The van der Waals surface area contributed by atoms with Gasteiger partial charge in [-0.05, 0) is 39.4 Å². The Labute approximate surface area is 164 Å². The van der Waals surface area contributed by atoms with E-state index >= 15 is 0 Å². The number of hydrogen-bond acceptors (Lipinski definition) is 1. The van der Waals surface area contributed by atoms with E-state index < -0.39 is 0 Å². The molecule has 0 aliphatic carbocycles. The topological polar surface area (TPSA) is 17.1 Å². The first-order valence-corrected chi connectivity index (χ1v) is 9.27. The van der Waals surface area contributed by atoms with E-state index in [1.54, 1.807) is 0 Å². The summed E-state index contributed by atoms with van der Waals surface area (Å²) < 4.78 is 0. The van der Waals surface area contributed by atoms with Gasteiger partial charge in [0, 0.05) is 5.56 Å². The van der Waals surface area contributed by atoms with Gasteiger partial charge in [0.1, 0.15) is 0 Å². The molecule has 0 unspecified atom stereocenters. The zero-order chi connectivity index (χ0) is 18.2. The van der Waals surface area contributed by atoms with Crippen LogP contribution in [0.3, 0.4) is 0 Å². The summed E-state index contributed by atoms with van der Waals surface area (Å²) in [5.41, 5.74) is 4.56. The monoisotopic (exact) mass is 340 g/mol. The number of benzene rings is 1. The summed E-state index contributed by atoms with van der Waals surface area (Å²) in [7, 11) is 3.47. The van der Waals surface area contributed by atoms with Crippen molar-refractivity contribution in [2.75, 3.05) is 6.16 Å². The molecule has 130 valence electrons. The van der Waals surface area contributed by atoms with E-state index in [0.717, 1.165) is 5.56 Å². The number of carbonyl (C=O) groups excluding carboxylic acids is 1. The molecule has 1 aromatic rings. The Hall–Kier alpha value is -0.0826. The van der Waals surface area contributed by atoms with Crippen LogP contribution in [0.15, 0.2) is 12.1 Å². The SMILES string of the molecule is CC(C)(C)c1cc(C(C)(C)C)c(C(=O)CC[PH-])c(C(C)(C)C)c1.[Li+]. The molecule has 0 aliphatic rings. The van der Waals surface area contributed by atoms with E-state index in [-0.39, 0.29) is 40.9 Å². The van der Waals surface area contributed by atoms with Crippen LogP contribution in [-0.4, -0.2) is 11.9 Å². The standard InChI is InChI=1S/C21H34OP.Li/c1-19(2,3)14-12-15(20(4,5)6)18(17(22)10-11-23)16(13-14)21(7,8)9;/h12-13,23H,10-11H2,1-9H3;/q-1;+1. The maximum absolute atomic E-state index is 12.9. The quantitative estimate of drug-likeness (QED) is 0.469. The largest absolute Gasteiger partial charge is 1.00 e. The molecule has 0 saturated carbocycles. The van der Waals surface area contributed by atoms with Gasteiger partial charge in [0.15, 0.2) is 5.78 Å². The molecule has 0 heterocycles. The van der Waals surface area contributed by atoms with Crippen LogP contribution in [0.25, 0.3) is 0 Å². The van der Waals surface area contributed by atoms with Crippen LogP contribution in [0.2, 0.25) is 0 Å². The summed E-state index contributed by atoms with van der Waals surface area (Å²) >= 11 is 0. The van der Waals surface area contributed by atoms with Crippen molar-refractivity contribution in [2.24, 2.45) is 0 Å². The molecule has 3 heteroatoms. The predicted octanol–water partition coefficient (Wildman–Crippen LogP) is 3.30. The molecule has 1 nitrogen and oxygen atoms in total. The van der Waals surface area contributed by atoms with Gasteiger partial charge in [-0.3, -0.25) is 4.79 Å². The van der Waals surface area contributed by atoms with Crippen LogP contribution in [0, 0.1) is 0 Å². The Bertz CT molecular complexity index is 548. The van der Waals surface area contributed by atoms with Crippen LogP contribution < -0.4 is 18.9 Å². The molecule has 0 radical (unpaired) electrons. The fourth-order valence-electron chi connectivity index (χ4n) is 2.80. The van der Waals surface area contributed by atoms with E-state index in [9.17, 15) is 4.79 Å². The van der Waals surface area contributed by atoms with Gasteiger partial charge in [0.25, 0.3) is 0 Å². The molecular formula is C21H34LiOP. The average molecular weight is 340 g/mol. The molecule has 1 aromatic carbocycles. The van der Waals surface area contributed by atoms with Crippen LogP contribution in [-0.2, 0) is 16.2 Å². The minimum Gasteiger partial charge on any atom is -0.558 e. The molecule has 0 fully saturated rings. The Morgan fingerprint density at radius 1 is 0.833 bits per heavy atom. The van der Waals surface area contributed by atoms with Crippen LogP contribution >= 0.6 is 9.24 Å². The number of carbonyl (C=O) groups is 1. The van der Waals surface area contributed by atoms with Gasteiger partial charge >= 0.3 is 18.9 Å². The maximum Gasteiger partial charge on any atom is 1.00 e. The van der Waals surface area contributed by atoms with E-state index in [4.69, 9.17) is 0 Å². The first-order valence-electron chi connectivity index (χ1n) is 8.57. The summed E-state index contributed by atoms with van der Waals surface area (Å²) in [5, 5.41) is 0.